The van der Waals surface area contributed by atoms with Gasteiger partial charge in [0.1, 0.15) is 29.6 Å². The molecule has 0 aromatic heterocycles. The zero-order valence-electron chi connectivity index (χ0n) is 14.4. The van der Waals surface area contributed by atoms with E-state index in [0.29, 0.717) is 0 Å². The second-order valence-corrected chi connectivity index (χ2v) is 8.23. The lowest BCUT2D eigenvalue weighted by molar-refractivity contribution is 0.0906. The third kappa shape index (κ3) is 3.67. The van der Waals surface area contributed by atoms with Gasteiger partial charge in [-0.3, -0.25) is 4.72 Å². The fraction of sp³-hybridized carbons (Fsp3) is 0.222. The van der Waals surface area contributed by atoms with Crippen molar-refractivity contribution in [1.82, 2.24) is 4.72 Å². The Bertz CT molecular complexity index is 1040. The number of aliphatic hydroxyl groups is 1. The number of halogens is 5. The summed E-state index contributed by atoms with van der Waals surface area (Å²) in [5.74, 6) is -4.65. The van der Waals surface area contributed by atoms with Crippen LogP contribution in [0.15, 0.2) is 35.2 Å². The predicted octanol–water partition coefficient (Wildman–Crippen LogP) is 4.67. The molecule has 0 spiro atoms. The van der Waals surface area contributed by atoms with Crippen LogP contribution in [0.4, 0.5) is 21.4 Å². The molecule has 11 heteroatoms. The molecule has 3 rings (SSSR count). The summed E-state index contributed by atoms with van der Waals surface area (Å²) in [7, 11) is -4.70. The predicted molar refractivity (Wildman–Crippen MR) is 92.9 cm³/mol. The summed E-state index contributed by atoms with van der Waals surface area (Å²) in [5.41, 5.74) is -0.576. The van der Waals surface area contributed by atoms with Crippen molar-refractivity contribution in [3.63, 3.8) is 0 Å². The first-order chi connectivity index (χ1) is 13.7. The lowest BCUT2D eigenvalue weighted by Crippen LogP contribution is -2.21. The first-order valence-electron chi connectivity index (χ1n) is 8.03. The van der Waals surface area contributed by atoms with Gasteiger partial charge >= 0.3 is 5.76 Å². The Morgan fingerprint density at radius 2 is 1.97 bits per heavy atom. The number of alkyl halides is 3. The molecule has 0 bridgehead atoms. The third-order valence-electron chi connectivity index (χ3n) is 4.30. The SMILES string of the molecule is N#CNS(F)(c1ccc(Oc2cc(F)cc(C#N)c2)c2c1C(O)C(F)C2)C(F)F. The molecular formula is C18H12F5N3O2S. The van der Waals surface area contributed by atoms with Crippen LogP contribution in [0.25, 0.3) is 0 Å². The van der Waals surface area contributed by atoms with Crippen LogP contribution in [-0.4, -0.2) is 17.0 Å². The Labute approximate surface area is 163 Å². The van der Waals surface area contributed by atoms with Crippen molar-refractivity contribution >= 4 is 10.6 Å². The first-order valence-corrected chi connectivity index (χ1v) is 9.63. The van der Waals surface area contributed by atoms with Crippen LogP contribution in [0, 0.1) is 28.6 Å². The van der Waals surface area contributed by atoms with E-state index in [0.717, 1.165) is 30.5 Å². The van der Waals surface area contributed by atoms with Gasteiger partial charge in [0, 0.05) is 28.5 Å². The number of aliphatic hydroxyl groups excluding tert-OH is 1. The average molecular weight is 429 g/mol. The minimum atomic E-state index is -4.70. The van der Waals surface area contributed by atoms with Crippen LogP contribution >= 0.6 is 10.6 Å². The molecule has 2 aromatic rings. The summed E-state index contributed by atoms with van der Waals surface area (Å²) in [6.45, 7) is 0. The topological polar surface area (TPSA) is 89.1 Å². The normalized spacial score (nSPS) is 20.9. The largest absolute Gasteiger partial charge is 0.457 e. The zero-order valence-corrected chi connectivity index (χ0v) is 15.2. The molecule has 0 saturated heterocycles. The Hall–Kier alpha value is -3.02. The monoisotopic (exact) mass is 429 g/mol. The quantitative estimate of drug-likeness (QED) is 0.410. The second kappa shape index (κ2) is 7.78. The number of fused-ring (bicyclic) bond motifs is 1. The van der Waals surface area contributed by atoms with E-state index in [4.69, 9.17) is 15.3 Å². The van der Waals surface area contributed by atoms with E-state index in [1.165, 1.54) is 10.8 Å². The number of nitrogens with one attached hydrogen (secondary N) is 1. The molecule has 0 amide bonds. The van der Waals surface area contributed by atoms with Crippen molar-refractivity contribution in [3.8, 4) is 23.8 Å². The van der Waals surface area contributed by atoms with Gasteiger partial charge in [-0.05, 0) is 24.3 Å². The minimum Gasteiger partial charge on any atom is -0.457 e. The Morgan fingerprint density at radius 3 is 2.59 bits per heavy atom. The third-order valence-corrected chi connectivity index (χ3v) is 6.17. The molecule has 1 aliphatic rings. The highest BCUT2D eigenvalue weighted by Gasteiger charge is 2.45. The maximum atomic E-state index is 15.0. The number of ether oxygens (including phenoxy) is 1. The van der Waals surface area contributed by atoms with Crippen molar-refractivity contribution in [3.05, 3.63) is 52.8 Å². The molecule has 0 radical (unpaired) electrons. The summed E-state index contributed by atoms with van der Waals surface area (Å²) in [6, 6.07) is 6.76. The molecule has 2 N–H and O–H groups in total. The lowest BCUT2D eigenvalue weighted by Gasteiger charge is -2.31. The van der Waals surface area contributed by atoms with E-state index in [2.05, 4.69) is 0 Å². The van der Waals surface area contributed by atoms with Gasteiger partial charge in [-0.15, -0.1) is 0 Å². The van der Waals surface area contributed by atoms with E-state index in [9.17, 15) is 26.6 Å². The van der Waals surface area contributed by atoms with E-state index in [1.54, 1.807) is 6.07 Å². The van der Waals surface area contributed by atoms with Gasteiger partial charge in [-0.1, -0.05) is 0 Å². The van der Waals surface area contributed by atoms with Gasteiger partial charge < -0.3 is 9.84 Å². The Kier molecular flexibility index (Phi) is 5.55. The molecule has 0 aliphatic heterocycles. The highest BCUT2D eigenvalue weighted by Crippen LogP contribution is 2.63. The number of nitrogens with zero attached hydrogens (tertiary/aromatic N) is 2. The summed E-state index contributed by atoms with van der Waals surface area (Å²) in [4.78, 5) is -0.721. The highest BCUT2D eigenvalue weighted by molar-refractivity contribution is 8.28. The highest BCUT2D eigenvalue weighted by atomic mass is 32.3. The molecule has 1 aliphatic carbocycles. The van der Waals surface area contributed by atoms with Crippen molar-refractivity contribution in [2.45, 2.75) is 29.3 Å². The lowest BCUT2D eigenvalue weighted by atomic mass is 10.1. The van der Waals surface area contributed by atoms with Crippen molar-refractivity contribution in [2.24, 2.45) is 0 Å². The maximum absolute atomic E-state index is 15.0. The summed E-state index contributed by atoms with van der Waals surface area (Å²) < 4.78 is 76.4. The van der Waals surface area contributed by atoms with Crippen LogP contribution in [0.2, 0.25) is 0 Å². The number of hydrogen-bond donors (Lipinski definition) is 2. The van der Waals surface area contributed by atoms with Crippen molar-refractivity contribution in [2.75, 3.05) is 0 Å². The van der Waals surface area contributed by atoms with E-state index >= 15 is 0 Å². The van der Waals surface area contributed by atoms with E-state index in [-0.39, 0.29) is 22.6 Å². The number of nitriles is 2. The van der Waals surface area contributed by atoms with Gasteiger partial charge in [0.05, 0.1) is 22.2 Å². The second-order valence-electron chi connectivity index (χ2n) is 6.06. The van der Waals surface area contributed by atoms with Crippen molar-refractivity contribution in [1.29, 1.82) is 10.5 Å². The Morgan fingerprint density at radius 1 is 1.24 bits per heavy atom. The summed E-state index contributed by atoms with van der Waals surface area (Å²) in [6.07, 6.45) is -3.16. The zero-order chi connectivity index (χ0) is 21.3. The molecule has 3 atom stereocenters. The summed E-state index contributed by atoms with van der Waals surface area (Å²) in [5, 5.41) is 27.7. The van der Waals surface area contributed by atoms with Crippen LogP contribution < -0.4 is 9.46 Å². The van der Waals surface area contributed by atoms with Crippen LogP contribution in [-0.2, 0) is 6.42 Å². The van der Waals surface area contributed by atoms with Gasteiger partial charge in [-0.25, -0.2) is 8.78 Å². The molecule has 2 aromatic carbocycles. The number of benzene rings is 2. The minimum absolute atomic E-state index is 0.0557. The molecule has 0 heterocycles. The smallest absolute Gasteiger partial charge is 0.313 e. The van der Waals surface area contributed by atoms with Gasteiger partial charge in [-0.2, -0.15) is 23.2 Å². The molecule has 152 valence electrons. The average Bonchev–Trinajstić information content (AvgIpc) is 2.97. The van der Waals surface area contributed by atoms with Crippen LogP contribution in [0.1, 0.15) is 22.8 Å². The van der Waals surface area contributed by atoms with E-state index in [1.807, 2.05) is 0 Å². The maximum Gasteiger partial charge on any atom is 0.313 e. The van der Waals surface area contributed by atoms with Gasteiger partial charge in [0.25, 0.3) is 0 Å². The first kappa shape index (κ1) is 20.7. The molecule has 3 unspecified atom stereocenters. The van der Waals surface area contributed by atoms with Gasteiger partial charge in [0.2, 0.25) is 0 Å². The molecular weight excluding hydrogens is 417 g/mol. The Balaban J connectivity index is 2.13. The van der Waals surface area contributed by atoms with E-state index < -0.39 is 51.3 Å². The molecule has 5 nitrogen and oxygen atoms in total. The fourth-order valence-electron chi connectivity index (χ4n) is 3.08. The molecule has 29 heavy (non-hydrogen) atoms. The fourth-order valence-corrected chi connectivity index (χ4v) is 4.43. The van der Waals surface area contributed by atoms with Crippen LogP contribution in [0.5, 0.6) is 11.5 Å². The molecule has 0 fully saturated rings. The number of hydrogen-bond acceptors (Lipinski definition) is 5. The number of rotatable bonds is 5. The molecule has 0 saturated carbocycles. The van der Waals surface area contributed by atoms with Gasteiger partial charge in [0.15, 0.2) is 6.19 Å². The standard InChI is InChI=1S/C18H12F5N3O2S/c19-10-3-9(7-24)4-11(5-10)28-14-1-2-15(29(23,18(21)22)26-8-25)16-12(14)6-13(20)17(16)27/h1-5,13,17-18,26-27H,6H2. The van der Waals surface area contributed by atoms with Crippen LogP contribution in [0.3, 0.4) is 0 Å². The summed E-state index contributed by atoms with van der Waals surface area (Å²) >= 11 is 0. The van der Waals surface area contributed by atoms with Crippen molar-refractivity contribution < 1.29 is 31.3 Å².